The normalized spacial score (nSPS) is 20.7. The lowest BCUT2D eigenvalue weighted by molar-refractivity contribution is -0.162. The van der Waals surface area contributed by atoms with Crippen molar-refractivity contribution >= 4 is 16.0 Å². The van der Waals surface area contributed by atoms with E-state index in [1.165, 1.54) is 4.31 Å². The van der Waals surface area contributed by atoms with Gasteiger partial charge in [0, 0.05) is 6.54 Å². The van der Waals surface area contributed by atoms with Crippen LogP contribution in [0, 0.1) is 6.92 Å². The second kappa shape index (κ2) is 6.61. The molecule has 2 aromatic carbocycles. The summed E-state index contributed by atoms with van der Waals surface area (Å²) in [5, 5.41) is 0. The highest BCUT2D eigenvalue weighted by molar-refractivity contribution is 7.89. The SMILES string of the molecule is CCOC(=O)[C@@]1(c2ccccc2)CCN1S(=O)(=O)c1ccc(C)cc1. The molecule has 0 aliphatic carbocycles. The van der Waals surface area contributed by atoms with E-state index < -0.39 is 21.5 Å². The summed E-state index contributed by atoms with van der Waals surface area (Å²) in [6, 6.07) is 15.6. The van der Waals surface area contributed by atoms with Crippen molar-refractivity contribution in [2.24, 2.45) is 0 Å². The van der Waals surface area contributed by atoms with Gasteiger partial charge in [0.25, 0.3) is 0 Å². The van der Waals surface area contributed by atoms with Crippen molar-refractivity contribution in [2.75, 3.05) is 13.2 Å². The second-order valence-corrected chi connectivity index (χ2v) is 7.95. The number of sulfonamides is 1. The summed E-state index contributed by atoms with van der Waals surface area (Å²) >= 11 is 0. The Bertz CT molecular complexity index is 862. The van der Waals surface area contributed by atoms with Gasteiger partial charge in [-0.25, -0.2) is 13.2 Å². The van der Waals surface area contributed by atoms with Crippen molar-refractivity contribution in [3.63, 3.8) is 0 Å². The first kappa shape index (κ1) is 17.6. The molecule has 0 bridgehead atoms. The molecule has 1 aliphatic rings. The summed E-state index contributed by atoms with van der Waals surface area (Å²) in [5.74, 6) is -0.525. The summed E-state index contributed by atoms with van der Waals surface area (Å²) in [6.45, 7) is 4.09. The molecule has 6 heteroatoms. The van der Waals surface area contributed by atoms with Crippen LogP contribution in [-0.2, 0) is 25.1 Å². The third-order valence-corrected chi connectivity index (χ3v) is 6.52. The van der Waals surface area contributed by atoms with Crippen molar-refractivity contribution in [1.29, 1.82) is 0 Å². The van der Waals surface area contributed by atoms with Crippen LogP contribution in [0.4, 0.5) is 0 Å². The largest absolute Gasteiger partial charge is 0.464 e. The molecule has 0 amide bonds. The summed E-state index contributed by atoms with van der Waals surface area (Å²) in [4.78, 5) is 12.9. The smallest absolute Gasteiger partial charge is 0.332 e. The van der Waals surface area contributed by atoms with Crippen molar-refractivity contribution in [3.8, 4) is 0 Å². The number of esters is 1. The number of rotatable bonds is 5. The van der Waals surface area contributed by atoms with Crippen molar-refractivity contribution < 1.29 is 17.9 Å². The summed E-state index contributed by atoms with van der Waals surface area (Å²) in [7, 11) is -3.81. The van der Waals surface area contributed by atoms with Gasteiger partial charge in [-0.3, -0.25) is 0 Å². The third-order valence-electron chi connectivity index (χ3n) is 4.58. The molecule has 1 fully saturated rings. The predicted octanol–water partition coefficient (Wildman–Crippen LogP) is 2.85. The minimum atomic E-state index is -3.81. The molecule has 2 aromatic rings. The van der Waals surface area contributed by atoms with Crippen LogP contribution in [0.5, 0.6) is 0 Å². The number of carbonyl (C=O) groups excluding carboxylic acids is 1. The lowest BCUT2D eigenvalue weighted by Crippen LogP contribution is -2.64. The highest BCUT2D eigenvalue weighted by Crippen LogP contribution is 2.45. The van der Waals surface area contributed by atoms with Crippen LogP contribution in [0.2, 0.25) is 0 Å². The van der Waals surface area contributed by atoms with Crippen molar-refractivity contribution in [2.45, 2.75) is 30.7 Å². The van der Waals surface area contributed by atoms with Crippen LogP contribution < -0.4 is 0 Å². The number of ether oxygens (including phenoxy) is 1. The molecule has 0 spiro atoms. The standard InChI is InChI=1S/C19H21NO4S/c1-3-24-18(21)19(16-7-5-4-6-8-16)13-14-20(19)25(22,23)17-11-9-15(2)10-12-17/h4-12H,3,13-14H2,1-2H3/t19-/m0/s1. The van der Waals surface area contributed by atoms with Gasteiger partial charge in [-0.15, -0.1) is 0 Å². The maximum Gasteiger partial charge on any atom is 0.332 e. The van der Waals surface area contributed by atoms with Crippen LogP contribution >= 0.6 is 0 Å². The van der Waals surface area contributed by atoms with Gasteiger partial charge in [-0.2, -0.15) is 4.31 Å². The maximum absolute atomic E-state index is 13.1. The Morgan fingerprint density at radius 2 is 1.76 bits per heavy atom. The summed E-state index contributed by atoms with van der Waals surface area (Å²) in [6.07, 6.45) is 0.404. The van der Waals surface area contributed by atoms with E-state index in [2.05, 4.69) is 0 Å². The monoisotopic (exact) mass is 359 g/mol. The molecule has 3 rings (SSSR count). The molecule has 0 saturated carbocycles. The van der Waals surface area contributed by atoms with Crippen LogP contribution in [0.25, 0.3) is 0 Å². The third kappa shape index (κ3) is 2.85. The Morgan fingerprint density at radius 1 is 1.12 bits per heavy atom. The van der Waals surface area contributed by atoms with Crippen molar-refractivity contribution in [3.05, 3.63) is 65.7 Å². The molecule has 1 saturated heterocycles. The topological polar surface area (TPSA) is 63.7 Å². The number of nitrogens with zero attached hydrogens (tertiary/aromatic N) is 1. The minimum absolute atomic E-state index is 0.183. The Hall–Kier alpha value is -2.18. The highest BCUT2D eigenvalue weighted by Gasteiger charge is 2.58. The molecule has 0 unspecified atom stereocenters. The summed E-state index contributed by atoms with van der Waals surface area (Å²) in [5.41, 5.74) is 0.318. The van der Waals surface area contributed by atoms with E-state index in [9.17, 15) is 13.2 Å². The molecular formula is C19H21NO4S. The number of carbonyl (C=O) groups is 1. The van der Waals surface area contributed by atoms with Gasteiger partial charge in [-0.1, -0.05) is 48.0 Å². The molecule has 1 atom stereocenters. The first-order chi connectivity index (χ1) is 11.9. The van der Waals surface area contributed by atoms with Crippen LogP contribution in [0.15, 0.2) is 59.5 Å². The van der Waals surface area contributed by atoms with Gasteiger partial charge in [0.2, 0.25) is 10.0 Å². The molecule has 25 heavy (non-hydrogen) atoms. The van der Waals surface area contributed by atoms with E-state index in [0.717, 1.165) is 5.56 Å². The van der Waals surface area contributed by atoms with Gasteiger partial charge >= 0.3 is 5.97 Å². The second-order valence-electron chi connectivity index (χ2n) is 6.09. The summed E-state index contributed by atoms with van der Waals surface area (Å²) < 4.78 is 32.8. The molecule has 1 aliphatic heterocycles. The molecule has 132 valence electrons. The van der Waals surface area contributed by atoms with Crippen LogP contribution in [0.1, 0.15) is 24.5 Å². The van der Waals surface area contributed by atoms with Gasteiger partial charge in [0.05, 0.1) is 11.5 Å². The van der Waals surface area contributed by atoms with Gasteiger partial charge < -0.3 is 4.74 Å². The Kier molecular flexibility index (Phi) is 4.67. The van der Waals surface area contributed by atoms with E-state index in [4.69, 9.17) is 4.74 Å². The Balaban J connectivity index is 2.08. The molecule has 0 aromatic heterocycles. The Morgan fingerprint density at radius 3 is 2.28 bits per heavy atom. The fourth-order valence-corrected chi connectivity index (χ4v) is 4.91. The number of aryl methyl sites for hydroxylation is 1. The van der Waals surface area contributed by atoms with E-state index in [-0.39, 0.29) is 18.0 Å². The predicted molar refractivity (Wildman–Crippen MR) is 94.4 cm³/mol. The van der Waals surface area contributed by atoms with Gasteiger partial charge in [-0.05, 0) is 38.0 Å². The zero-order chi connectivity index (χ0) is 18.1. The Labute approximate surface area is 148 Å². The molecule has 0 radical (unpaired) electrons. The quantitative estimate of drug-likeness (QED) is 0.770. The van der Waals surface area contributed by atoms with Gasteiger partial charge in [0.1, 0.15) is 0 Å². The van der Waals surface area contributed by atoms with Crippen LogP contribution in [-0.4, -0.2) is 31.8 Å². The molecule has 0 N–H and O–H groups in total. The van der Waals surface area contributed by atoms with Crippen molar-refractivity contribution in [1.82, 2.24) is 4.31 Å². The fraction of sp³-hybridized carbons (Fsp3) is 0.316. The van der Waals surface area contributed by atoms with E-state index in [1.807, 2.05) is 13.0 Å². The zero-order valence-corrected chi connectivity index (χ0v) is 15.1. The van der Waals surface area contributed by atoms with E-state index >= 15 is 0 Å². The lowest BCUT2D eigenvalue weighted by atomic mass is 9.80. The fourth-order valence-electron chi connectivity index (χ4n) is 3.16. The zero-order valence-electron chi connectivity index (χ0n) is 14.3. The van der Waals surface area contributed by atoms with Gasteiger partial charge in [0.15, 0.2) is 5.54 Å². The molecule has 5 nitrogen and oxygen atoms in total. The van der Waals surface area contributed by atoms with E-state index in [1.54, 1.807) is 55.5 Å². The highest BCUT2D eigenvalue weighted by atomic mass is 32.2. The first-order valence-electron chi connectivity index (χ1n) is 8.25. The lowest BCUT2D eigenvalue weighted by Gasteiger charge is -2.49. The molecular weight excluding hydrogens is 338 g/mol. The minimum Gasteiger partial charge on any atom is -0.464 e. The number of benzene rings is 2. The average molecular weight is 359 g/mol. The first-order valence-corrected chi connectivity index (χ1v) is 9.69. The number of hydrogen-bond donors (Lipinski definition) is 0. The van der Waals surface area contributed by atoms with Crippen LogP contribution in [0.3, 0.4) is 0 Å². The average Bonchev–Trinajstić information content (AvgIpc) is 2.55. The van der Waals surface area contributed by atoms with E-state index in [0.29, 0.717) is 12.0 Å². The maximum atomic E-state index is 13.1. The number of hydrogen-bond acceptors (Lipinski definition) is 4. The molecule has 1 heterocycles.